The molecule has 0 bridgehead atoms. The Morgan fingerprint density at radius 2 is 1.90 bits per heavy atom. The Kier molecular flexibility index (Phi) is 3.66. The molecule has 0 amide bonds. The summed E-state index contributed by atoms with van der Waals surface area (Å²) in [6, 6.07) is 7.62. The van der Waals surface area contributed by atoms with Crippen LogP contribution in [0.3, 0.4) is 0 Å². The number of H-pyrrole nitrogens is 1. The molecule has 1 aromatic heterocycles. The number of nitrogens with zero attached hydrogens (tertiary/aromatic N) is 1. The number of aromatic nitrogens is 2. The van der Waals surface area contributed by atoms with E-state index in [1.165, 1.54) is 0 Å². The molecule has 0 aliphatic heterocycles. The second-order valence-electron chi connectivity index (χ2n) is 5.92. The SMILES string of the molecule is COc1ccc(-c2cc(C)n[nH]c2=O)cc1C(C)(C)C. The molecule has 1 aromatic carbocycles. The van der Waals surface area contributed by atoms with Crippen LogP contribution in [0.25, 0.3) is 11.1 Å². The third-order valence-electron chi connectivity index (χ3n) is 3.25. The summed E-state index contributed by atoms with van der Waals surface area (Å²) in [5, 5.41) is 6.42. The van der Waals surface area contributed by atoms with Gasteiger partial charge >= 0.3 is 0 Å². The predicted octanol–water partition coefficient (Wildman–Crippen LogP) is 3.05. The number of hydrogen-bond donors (Lipinski definition) is 1. The molecule has 0 fully saturated rings. The van der Waals surface area contributed by atoms with Gasteiger partial charge in [0.2, 0.25) is 0 Å². The van der Waals surface area contributed by atoms with E-state index < -0.39 is 0 Å². The Bertz CT molecular complexity index is 682. The lowest BCUT2D eigenvalue weighted by Crippen LogP contribution is -2.15. The van der Waals surface area contributed by atoms with Gasteiger partial charge in [0.05, 0.1) is 18.4 Å². The third kappa shape index (κ3) is 2.74. The third-order valence-corrected chi connectivity index (χ3v) is 3.25. The van der Waals surface area contributed by atoms with Crippen molar-refractivity contribution in [1.29, 1.82) is 0 Å². The summed E-state index contributed by atoms with van der Waals surface area (Å²) in [5.74, 6) is 0.837. The van der Waals surface area contributed by atoms with E-state index >= 15 is 0 Å². The topological polar surface area (TPSA) is 55.0 Å². The number of ether oxygens (including phenoxy) is 1. The highest BCUT2D eigenvalue weighted by molar-refractivity contribution is 5.65. The Morgan fingerprint density at radius 3 is 2.50 bits per heavy atom. The molecule has 106 valence electrons. The van der Waals surface area contributed by atoms with Gasteiger partial charge in [0, 0.05) is 5.56 Å². The van der Waals surface area contributed by atoms with E-state index in [1.54, 1.807) is 13.2 Å². The van der Waals surface area contributed by atoms with Crippen molar-refractivity contribution >= 4 is 0 Å². The van der Waals surface area contributed by atoms with Crippen LogP contribution in [0.15, 0.2) is 29.1 Å². The first kappa shape index (κ1) is 14.3. The van der Waals surface area contributed by atoms with Crippen LogP contribution in [0, 0.1) is 6.92 Å². The Balaban J connectivity index is 2.65. The van der Waals surface area contributed by atoms with E-state index in [4.69, 9.17) is 4.74 Å². The second-order valence-corrected chi connectivity index (χ2v) is 5.92. The number of aromatic amines is 1. The molecule has 0 atom stereocenters. The van der Waals surface area contributed by atoms with Crippen LogP contribution in [-0.4, -0.2) is 17.3 Å². The molecule has 1 N–H and O–H groups in total. The van der Waals surface area contributed by atoms with Crippen molar-refractivity contribution in [3.05, 3.63) is 45.9 Å². The zero-order valence-corrected chi connectivity index (χ0v) is 12.6. The van der Waals surface area contributed by atoms with E-state index in [0.29, 0.717) is 5.56 Å². The van der Waals surface area contributed by atoms with Gasteiger partial charge in [0.25, 0.3) is 5.56 Å². The highest BCUT2D eigenvalue weighted by Crippen LogP contribution is 2.34. The van der Waals surface area contributed by atoms with Gasteiger partial charge in [-0.3, -0.25) is 4.79 Å². The first-order chi connectivity index (χ1) is 9.32. The van der Waals surface area contributed by atoms with Gasteiger partial charge in [0.1, 0.15) is 5.75 Å². The Labute approximate surface area is 118 Å². The predicted molar refractivity (Wildman–Crippen MR) is 80.3 cm³/mol. The average Bonchev–Trinajstić information content (AvgIpc) is 2.40. The van der Waals surface area contributed by atoms with E-state index in [9.17, 15) is 4.79 Å². The van der Waals surface area contributed by atoms with Crippen molar-refractivity contribution in [3.8, 4) is 16.9 Å². The normalized spacial score (nSPS) is 11.4. The molecule has 0 aliphatic carbocycles. The summed E-state index contributed by atoms with van der Waals surface area (Å²) in [4.78, 5) is 11.9. The molecule has 0 saturated heterocycles. The molecule has 0 saturated carbocycles. The molecule has 0 radical (unpaired) electrons. The van der Waals surface area contributed by atoms with Crippen LogP contribution in [-0.2, 0) is 5.41 Å². The first-order valence-corrected chi connectivity index (χ1v) is 6.58. The van der Waals surface area contributed by atoms with Gasteiger partial charge in [-0.15, -0.1) is 0 Å². The van der Waals surface area contributed by atoms with Crippen molar-refractivity contribution in [2.75, 3.05) is 7.11 Å². The number of nitrogens with one attached hydrogen (secondary N) is 1. The highest BCUT2D eigenvalue weighted by atomic mass is 16.5. The van der Waals surface area contributed by atoms with E-state index in [2.05, 4.69) is 31.0 Å². The summed E-state index contributed by atoms with van der Waals surface area (Å²) in [6.07, 6.45) is 0. The minimum atomic E-state index is -0.180. The molecule has 0 aliphatic rings. The molecule has 0 unspecified atom stereocenters. The maximum atomic E-state index is 11.9. The molecule has 4 nitrogen and oxygen atoms in total. The maximum Gasteiger partial charge on any atom is 0.272 e. The van der Waals surface area contributed by atoms with E-state index in [0.717, 1.165) is 22.6 Å². The summed E-state index contributed by atoms with van der Waals surface area (Å²) < 4.78 is 5.42. The van der Waals surface area contributed by atoms with Crippen LogP contribution in [0.2, 0.25) is 0 Å². The molecule has 1 heterocycles. The number of aryl methyl sites for hydroxylation is 1. The van der Waals surface area contributed by atoms with Crippen LogP contribution in [0.5, 0.6) is 5.75 Å². The minimum Gasteiger partial charge on any atom is -0.496 e. The van der Waals surface area contributed by atoms with Gasteiger partial charge in [-0.25, -0.2) is 5.10 Å². The van der Waals surface area contributed by atoms with Crippen molar-refractivity contribution in [1.82, 2.24) is 10.2 Å². The van der Waals surface area contributed by atoms with Crippen molar-refractivity contribution in [2.45, 2.75) is 33.1 Å². The smallest absolute Gasteiger partial charge is 0.272 e. The minimum absolute atomic E-state index is 0.0593. The molecular formula is C16H20N2O2. The molecular weight excluding hydrogens is 252 g/mol. The standard InChI is InChI=1S/C16H20N2O2/c1-10-8-12(15(19)18-17-10)11-6-7-14(20-5)13(9-11)16(2,3)4/h6-9H,1-5H3,(H,18,19). The van der Waals surface area contributed by atoms with Gasteiger partial charge in [-0.2, -0.15) is 5.10 Å². The maximum absolute atomic E-state index is 11.9. The Morgan fingerprint density at radius 1 is 1.20 bits per heavy atom. The van der Waals surface area contributed by atoms with Crippen molar-refractivity contribution < 1.29 is 4.74 Å². The fraction of sp³-hybridized carbons (Fsp3) is 0.375. The lowest BCUT2D eigenvalue weighted by molar-refractivity contribution is 0.397. The van der Waals surface area contributed by atoms with Crippen molar-refractivity contribution in [3.63, 3.8) is 0 Å². The quantitative estimate of drug-likeness (QED) is 0.914. The number of benzene rings is 1. The largest absolute Gasteiger partial charge is 0.496 e. The lowest BCUT2D eigenvalue weighted by atomic mass is 9.84. The van der Waals surface area contributed by atoms with Gasteiger partial charge in [-0.05, 0) is 36.1 Å². The summed E-state index contributed by atoms with van der Waals surface area (Å²) in [6.45, 7) is 8.22. The van der Waals surface area contributed by atoms with Gasteiger partial charge in [0.15, 0.2) is 0 Å². The summed E-state index contributed by atoms with van der Waals surface area (Å²) in [7, 11) is 1.66. The van der Waals surface area contributed by atoms with E-state index in [-0.39, 0.29) is 11.0 Å². The highest BCUT2D eigenvalue weighted by Gasteiger charge is 2.20. The zero-order valence-electron chi connectivity index (χ0n) is 12.6. The number of hydrogen-bond acceptors (Lipinski definition) is 3. The Hall–Kier alpha value is -2.10. The van der Waals surface area contributed by atoms with Crippen LogP contribution < -0.4 is 10.3 Å². The summed E-state index contributed by atoms with van der Waals surface area (Å²) >= 11 is 0. The monoisotopic (exact) mass is 272 g/mol. The molecule has 20 heavy (non-hydrogen) atoms. The number of methoxy groups -OCH3 is 1. The molecule has 4 heteroatoms. The van der Waals surface area contributed by atoms with Crippen LogP contribution in [0.4, 0.5) is 0 Å². The zero-order chi connectivity index (χ0) is 14.9. The molecule has 0 spiro atoms. The van der Waals surface area contributed by atoms with E-state index in [1.807, 2.05) is 25.1 Å². The van der Waals surface area contributed by atoms with Gasteiger partial charge < -0.3 is 4.74 Å². The fourth-order valence-electron chi connectivity index (χ4n) is 2.18. The van der Waals surface area contributed by atoms with Gasteiger partial charge in [-0.1, -0.05) is 26.8 Å². The second kappa shape index (κ2) is 5.12. The van der Waals surface area contributed by atoms with Crippen LogP contribution >= 0.6 is 0 Å². The fourth-order valence-corrected chi connectivity index (χ4v) is 2.18. The molecule has 2 rings (SSSR count). The lowest BCUT2D eigenvalue weighted by Gasteiger charge is -2.22. The van der Waals surface area contributed by atoms with Crippen molar-refractivity contribution in [2.24, 2.45) is 0 Å². The summed E-state index contributed by atoms with van der Waals surface area (Å²) in [5.41, 5.74) is 3.13. The first-order valence-electron chi connectivity index (χ1n) is 6.58. The average molecular weight is 272 g/mol. The molecule has 2 aromatic rings. The van der Waals surface area contributed by atoms with Crippen LogP contribution in [0.1, 0.15) is 32.0 Å². The number of rotatable bonds is 2.